The van der Waals surface area contributed by atoms with Crippen LogP contribution in [0.3, 0.4) is 0 Å². The number of ether oxygens (including phenoxy) is 1. The summed E-state index contributed by atoms with van der Waals surface area (Å²) >= 11 is 0. The first-order valence-electron chi connectivity index (χ1n) is 5.30. The quantitative estimate of drug-likeness (QED) is 0.587. The van der Waals surface area contributed by atoms with Crippen molar-refractivity contribution in [2.75, 3.05) is 19.4 Å². The van der Waals surface area contributed by atoms with Crippen LogP contribution in [0.5, 0.6) is 5.75 Å². The van der Waals surface area contributed by atoms with Crippen LogP contribution in [0.15, 0.2) is 18.2 Å². The highest BCUT2D eigenvalue weighted by Crippen LogP contribution is 2.20. The predicted octanol–water partition coefficient (Wildman–Crippen LogP) is 1.05. The molecule has 0 saturated carbocycles. The minimum absolute atomic E-state index is 0.0218. The fraction of sp³-hybridized carbons (Fsp3) is 0.333. The average Bonchev–Trinajstić information content (AvgIpc) is 2.35. The van der Waals surface area contributed by atoms with Gasteiger partial charge in [-0.25, -0.2) is 0 Å². The number of nitrogen functional groups attached to an aromatic ring is 1. The molecule has 0 aliphatic rings. The summed E-state index contributed by atoms with van der Waals surface area (Å²) in [6, 6.07) is 6.91. The van der Waals surface area contributed by atoms with Gasteiger partial charge < -0.3 is 15.8 Å². The van der Waals surface area contributed by atoms with Crippen molar-refractivity contribution in [1.82, 2.24) is 5.32 Å². The third-order valence-corrected chi connectivity index (χ3v) is 2.21. The summed E-state index contributed by atoms with van der Waals surface area (Å²) < 4.78 is 5.42. The van der Waals surface area contributed by atoms with Gasteiger partial charge in [0.15, 0.2) is 0 Å². The second kappa shape index (κ2) is 6.38. The number of anilines is 1. The van der Waals surface area contributed by atoms with E-state index in [9.17, 15) is 4.79 Å². The Bertz CT molecular complexity index is 438. The summed E-state index contributed by atoms with van der Waals surface area (Å²) in [7, 11) is 1.59. The minimum atomic E-state index is -0.0218. The van der Waals surface area contributed by atoms with E-state index in [2.05, 4.69) is 5.32 Å². The van der Waals surface area contributed by atoms with Crippen LogP contribution in [0.2, 0.25) is 0 Å². The van der Waals surface area contributed by atoms with Crippen molar-refractivity contribution in [2.24, 2.45) is 0 Å². The number of nitrogens with one attached hydrogen (secondary N) is 1. The van der Waals surface area contributed by atoms with Gasteiger partial charge in [0.05, 0.1) is 12.2 Å². The van der Waals surface area contributed by atoms with E-state index >= 15 is 0 Å². The van der Waals surface area contributed by atoms with Gasteiger partial charge in [-0.3, -0.25) is 4.79 Å². The largest absolute Gasteiger partial charge is 0.492 e. The number of nitrogens with two attached hydrogens (primary N) is 1. The van der Waals surface area contributed by atoms with E-state index in [0.717, 1.165) is 0 Å². The van der Waals surface area contributed by atoms with Crippen LogP contribution < -0.4 is 15.8 Å². The van der Waals surface area contributed by atoms with Crippen LogP contribution >= 0.6 is 0 Å². The van der Waals surface area contributed by atoms with E-state index in [4.69, 9.17) is 15.7 Å². The van der Waals surface area contributed by atoms with Gasteiger partial charge in [-0.1, -0.05) is 0 Å². The summed E-state index contributed by atoms with van der Waals surface area (Å²) in [5.74, 6) is 0.477. The molecule has 0 saturated heterocycles. The standard InChI is InChI=1S/C12H15N3O2/c1-15-12(16)3-2-6-17-11-5-4-10(14)7-9(11)8-13/h4-5,7H,2-3,6,14H2,1H3,(H,15,16). The minimum Gasteiger partial charge on any atom is -0.492 e. The maximum atomic E-state index is 11.0. The molecule has 1 amide bonds. The fourth-order valence-corrected chi connectivity index (χ4v) is 1.30. The van der Waals surface area contributed by atoms with Crippen molar-refractivity contribution in [3.63, 3.8) is 0 Å². The lowest BCUT2D eigenvalue weighted by molar-refractivity contribution is -0.120. The molecular weight excluding hydrogens is 218 g/mol. The van der Waals surface area contributed by atoms with Crippen molar-refractivity contribution in [2.45, 2.75) is 12.8 Å². The number of hydrogen-bond donors (Lipinski definition) is 2. The Balaban J connectivity index is 2.47. The van der Waals surface area contributed by atoms with E-state index in [0.29, 0.717) is 36.4 Å². The Morgan fingerprint density at radius 1 is 1.59 bits per heavy atom. The van der Waals surface area contributed by atoms with Crippen LogP contribution in [0, 0.1) is 11.3 Å². The van der Waals surface area contributed by atoms with Gasteiger partial charge >= 0.3 is 0 Å². The Labute approximate surface area is 100 Å². The van der Waals surface area contributed by atoms with Crippen molar-refractivity contribution in [3.05, 3.63) is 23.8 Å². The summed E-state index contributed by atoms with van der Waals surface area (Å²) in [5, 5.41) is 11.4. The molecule has 0 fully saturated rings. The number of benzene rings is 1. The van der Waals surface area contributed by atoms with E-state index in [1.54, 1.807) is 25.2 Å². The summed E-state index contributed by atoms with van der Waals surface area (Å²) in [6.45, 7) is 0.395. The summed E-state index contributed by atoms with van der Waals surface area (Å²) in [4.78, 5) is 11.0. The maximum Gasteiger partial charge on any atom is 0.219 e. The summed E-state index contributed by atoms with van der Waals surface area (Å²) in [6.07, 6.45) is 1.02. The molecule has 1 aromatic carbocycles. The Morgan fingerprint density at radius 3 is 3.00 bits per heavy atom. The van der Waals surface area contributed by atoms with Gasteiger partial charge in [-0.2, -0.15) is 5.26 Å². The lowest BCUT2D eigenvalue weighted by Gasteiger charge is -2.07. The molecule has 0 spiro atoms. The van der Waals surface area contributed by atoms with Gasteiger partial charge in [0.25, 0.3) is 0 Å². The number of hydrogen-bond acceptors (Lipinski definition) is 4. The topological polar surface area (TPSA) is 88.1 Å². The van der Waals surface area contributed by atoms with E-state index in [1.807, 2.05) is 6.07 Å². The fourth-order valence-electron chi connectivity index (χ4n) is 1.30. The predicted molar refractivity (Wildman–Crippen MR) is 64.4 cm³/mol. The molecule has 1 rings (SSSR count). The molecule has 0 aliphatic heterocycles. The highest BCUT2D eigenvalue weighted by Gasteiger charge is 2.04. The van der Waals surface area contributed by atoms with Crippen LogP contribution in [-0.4, -0.2) is 19.6 Å². The number of nitriles is 1. The van der Waals surface area contributed by atoms with Gasteiger partial charge in [-0.05, 0) is 24.6 Å². The van der Waals surface area contributed by atoms with Crippen LogP contribution in [0.1, 0.15) is 18.4 Å². The monoisotopic (exact) mass is 233 g/mol. The average molecular weight is 233 g/mol. The molecule has 0 aromatic heterocycles. The van der Waals surface area contributed by atoms with E-state index in [1.165, 1.54) is 0 Å². The molecule has 3 N–H and O–H groups in total. The number of carbonyl (C=O) groups excluding carboxylic acids is 1. The highest BCUT2D eigenvalue weighted by atomic mass is 16.5. The molecule has 1 aromatic rings. The Kier molecular flexibility index (Phi) is 4.82. The summed E-state index contributed by atoms with van der Waals surface area (Å²) in [5.41, 5.74) is 6.49. The number of amides is 1. The first kappa shape index (κ1) is 12.8. The van der Waals surface area contributed by atoms with Gasteiger partial charge in [0.1, 0.15) is 11.8 Å². The van der Waals surface area contributed by atoms with Crippen LogP contribution in [0.25, 0.3) is 0 Å². The molecule has 5 heteroatoms. The Hall–Kier alpha value is -2.22. The molecule has 17 heavy (non-hydrogen) atoms. The van der Waals surface area contributed by atoms with Crippen molar-refractivity contribution in [3.8, 4) is 11.8 Å². The first-order valence-corrected chi connectivity index (χ1v) is 5.30. The molecule has 0 aliphatic carbocycles. The molecule has 90 valence electrons. The molecule has 0 radical (unpaired) electrons. The zero-order chi connectivity index (χ0) is 12.7. The second-order valence-electron chi connectivity index (χ2n) is 3.49. The molecule has 5 nitrogen and oxygen atoms in total. The second-order valence-corrected chi connectivity index (χ2v) is 3.49. The van der Waals surface area contributed by atoms with Crippen LogP contribution in [0.4, 0.5) is 5.69 Å². The highest BCUT2D eigenvalue weighted by molar-refractivity contribution is 5.75. The lowest BCUT2D eigenvalue weighted by atomic mass is 10.2. The molecule has 0 unspecified atom stereocenters. The normalized spacial score (nSPS) is 9.41. The molecular formula is C12H15N3O2. The van der Waals surface area contributed by atoms with Crippen molar-refractivity contribution in [1.29, 1.82) is 5.26 Å². The Morgan fingerprint density at radius 2 is 2.35 bits per heavy atom. The van der Waals surface area contributed by atoms with Gasteiger partial charge in [0, 0.05) is 19.2 Å². The molecule has 0 heterocycles. The third-order valence-electron chi connectivity index (χ3n) is 2.21. The van der Waals surface area contributed by atoms with Gasteiger partial charge in [0.2, 0.25) is 5.91 Å². The maximum absolute atomic E-state index is 11.0. The van der Waals surface area contributed by atoms with E-state index < -0.39 is 0 Å². The first-order chi connectivity index (χ1) is 8.17. The number of carbonyl (C=O) groups is 1. The SMILES string of the molecule is CNC(=O)CCCOc1ccc(N)cc1C#N. The van der Waals surface area contributed by atoms with Crippen LogP contribution in [-0.2, 0) is 4.79 Å². The lowest BCUT2D eigenvalue weighted by Crippen LogP contribution is -2.18. The smallest absolute Gasteiger partial charge is 0.219 e. The van der Waals surface area contributed by atoms with E-state index in [-0.39, 0.29) is 5.91 Å². The zero-order valence-corrected chi connectivity index (χ0v) is 9.69. The number of rotatable bonds is 5. The zero-order valence-electron chi connectivity index (χ0n) is 9.69. The van der Waals surface area contributed by atoms with Crippen molar-refractivity contribution >= 4 is 11.6 Å². The molecule has 0 atom stereocenters. The van der Waals surface area contributed by atoms with Gasteiger partial charge in [-0.15, -0.1) is 0 Å². The van der Waals surface area contributed by atoms with Crippen molar-refractivity contribution < 1.29 is 9.53 Å². The third kappa shape index (κ3) is 4.03. The molecule has 0 bridgehead atoms. The number of nitrogens with zero attached hydrogens (tertiary/aromatic N) is 1.